The van der Waals surface area contributed by atoms with Gasteiger partial charge in [0.1, 0.15) is 0 Å². The molecule has 0 spiro atoms. The fraction of sp³-hybridized carbons (Fsp3) is 0.857. The van der Waals surface area contributed by atoms with E-state index in [9.17, 15) is 0 Å². The van der Waals surface area contributed by atoms with E-state index >= 15 is 0 Å². The average molecular weight is 249 g/mol. The van der Waals surface area contributed by atoms with Crippen LogP contribution in [0.1, 0.15) is 75.4 Å². The summed E-state index contributed by atoms with van der Waals surface area (Å²) in [4.78, 5) is 4.65. The van der Waals surface area contributed by atoms with Gasteiger partial charge < -0.3 is 10.3 Å². The lowest BCUT2D eigenvalue weighted by molar-refractivity contribution is 0.296. The van der Waals surface area contributed by atoms with E-state index < -0.39 is 0 Å². The van der Waals surface area contributed by atoms with Gasteiger partial charge in [0.15, 0.2) is 5.82 Å². The highest BCUT2D eigenvalue weighted by Gasteiger charge is 2.30. The molecule has 4 unspecified atom stereocenters. The Morgan fingerprint density at radius 1 is 1.11 bits per heavy atom. The number of nitrogens with two attached hydrogens (primary N) is 1. The topological polar surface area (TPSA) is 64.9 Å². The fourth-order valence-electron chi connectivity index (χ4n) is 3.47. The van der Waals surface area contributed by atoms with Crippen LogP contribution >= 0.6 is 0 Å². The minimum atomic E-state index is 0.311. The Bertz CT molecular complexity index is 403. The van der Waals surface area contributed by atoms with Gasteiger partial charge in [-0.2, -0.15) is 4.98 Å². The molecular weight excluding hydrogens is 226 g/mol. The highest BCUT2D eigenvalue weighted by molar-refractivity contribution is 5.03. The predicted octanol–water partition coefficient (Wildman–Crippen LogP) is 2.96. The van der Waals surface area contributed by atoms with Crippen molar-refractivity contribution in [3.05, 3.63) is 11.7 Å². The first-order valence-electron chi connectivity index (χ1n) is 7.31. The minimum Gasteiger partial charge on any atom is -0.339 e. The molecule has 2 fully saturated rings. The second kappa shape index (κ2) is 5.00. The van der Waals surface area contributed by atoms with E-state index in [1.807, 2.05) is 0 Å². The van der Waals surface area contributed by atoms with E-state index in [0.717, 1.165) is 36.9 Å². The van der Waals surface area contributed by atoms with Crippen molar-refractivity contribution in [2.24, 2.45) is 11.7 Å². The first-order valence-corrected chi connectivity index (χ1v) is 7.31. The number of hydrogen-bond acceptors (Lipinski definition) is 4. The Hall–Kier alpha value is -0.900. The molecule has 4 nitrogen and oxygen atoms in total. The molecule has 0 aromatic carbocycles. The molecular formula is C14H23N3O. The van der Waals surface area contributed by atoms with Crippen molar-refractivity contribution in [1.29, 1.82) is 0 Å². The molecule has 3 rings (SSSR count). The van der Waals surface area contributed by atoms with Gasteiger partial charge in [-0.1, -0.05) is 18.5 Å². The molecule has 100 valence electrons. The molecule has 2 saturated carbocycles. The quantitative estimate of drug-likeness (QED) is 0.875. The maximum Gasteiger partial charge on any atom is 0.229 e. The van der Waals surface area contributed by atoms with Gasteiger partial charge in [0.05, 0.1) is 0 Å². The van der Waals surface area contributed by atoms with Crippen LogP contribution in [0.5, 0.6) is 0 Å². The van der Waals surface area contributed by atoms with E-state index in [1.165, 1.54) is 25.7 Å². The van der Waals surface area contributed by atoms with Crippen LogP contribution in [0.2, 0.25) is 0 Å². The van der Waals surface area contributed by atoms with Gasteiger partial charge in [-0.25, -0.2) is 0 Å². The molecule has 1 heterocycles. The fourth-order valence-corrected chi connectivity index (χ4v) is 3.47. The Morgan fingerprint density at radius 3 is 2.72 bits per heavy atom. The second-order valence-electron chi connectivity index (χ2n) is 6.23. The number of nitrogens with zero attached hydrogens (tertiary/aromatic N) is 2. The first kappa shape index (κ1) is 12.2. The highest BCUT2D eigenvalue weighted by atomic mass is 16.5. The minimum absolute atomic E-state index is 0.311. The molecule has 0 amide bonds. The largest absolute Gasteiger partial charge is 0.339 e. The maximum absolute atomic E-state index is 6.02. The van der Waals surface area contributed by atoms with Gasteiger partial charge in [-0.3, -0.25) is 0 Å². The van der Waals surface area contributed by atoms with Crippen LogP contribution in [0.15, 0.2) is 4.52 Å². The van der Waals surface area contributed by atoms with Crippen molar-refractivity contribution in [3.8, 4) is 0 Å². The first-order chi connectivity index (χ1) is 8.72. The summed E-state index contributed by atoms with van der Waals surface area (Å²) in [5.41, 5.74) is 6.02. The summed E-state index contributed by atoms with van der Waals surface area (Å²) < 4.78 is 5.48. The van der Waals surface area contributed by atoms with Crippen molar-refractivity contribution in [2.75, 3.05) is 0 Å². The molecule has 18 heavy (non-hydrogen) atoms. The monoisotopic (exact) mass is 249 g/mol. The maximum atomic E-state index is 6.02. The molecule has 1 aromatic heterocycles. The smallest absolute Gasteiger partial charge is 0.229 e. The molecule has 2 N–H and O–H groups in total. The van der Waals surface area contributed by atoms with Gasteiger partial charge in [-0.05, 0) is 44.4 Å². The van der Waals surface area contributed by atoms with E-state index in [4.69, 9.17) is 10.3 Å². The second-order valence-corrected chi connectivity index (χ2v) is 6.23. The van der Waals surface area contributed by atoms with E-state index in [-0.39, 0.29) is 0 Å². The summed E-state index contributed by atoms with van der Waals surface area (Å²) in [6.07, 6.45) is 8.19. The summed E-state index contributed by atoms with van der Waals surface area (Å²) in [6, 6.07) is 0.311. The van der Waals surface area contributed by atoms with Crippen molar-refractivity contribution in [3.63, 3.8) is 0 Å². The van der Waals surface area contributed by atoms with Crippen LogP contribution in [0, 0.1) is 5.92 Å². The number of hydrogen-bond donors (Lipinski definition) is 1. The van der Waals surface area contributed by atoms with E-state index in [0.29, 0.717) is 17.9 Å². The third-order valence-corrected chi connectivity index (χ3v) is 4.58. The Balaban J connectivity index is 1.69. The van der Waals surface area contributed by atoms with E-state index in [2.05, 4.69) is 17.1 Å². The molecule has 0 aliphatic heterocycles. The lowest BCUT2D eigenvalue weighted by Crippen LogP contribution is -2.26. The van der Waals surface area contributed by atoms with Crippen molar-refractivity contribution in [1.82, 2.24) is 10.1 Å². The van der Waals surface area contributed by atoms with Gasteiger partial charge in [-0.15, -0.1) is 0 Å². The summed E-state index contributed by atoms with van der Waals surface area (Å²) in [5.74, 6) is 3.50. The van der Waals surface area contributed by atoms with Crippen molar-refractivity contribution >= 4 is 0 Å². The lowest BCUT2D eigenvalue weighted by Gasteiger charge is -2.23. The van der Waals surface area contributed by atoms with Crippen LogP contribution in [0.3, 0.4) is 0 Å². The van der Waals surface area contributed by atoms with Crippen molar-refractivity contribution in [2.45, 2.75) is 69.7 Å². The molecule has 0 radical (unpaired) electrons. The van der Waals surface area contributed by atoms with Crippen LogP contribution < -0.4 is 5.73 Å². The molecule has 4 heteroatoms. The number of aromatic nitrogens is 2. The van der Waals surface area contributed by atoms with Gasteiger partial charge in [0.25, 0.3) is 0 Å². The lowest BCUT2D eigenvalue weighted by atomic mass is 9.86. The Labute approximate surface area is 108 Å². The van der Waals surface area contributed by atoms with Crippen molar-refractivity contribution < 1.29 is 4.52 Å². The van der Waals surface area contributed by atoms with Crippen LogP contribution in [0.25, 0.3) is 0 Å². The normalized spacial score (nSPS) is 37.0. The third kappa shape index (κ3) is 2.44. The van der Waals surface area contributed by atoms with Crippen LogP contribution in [-0.2, 0) is 0 Å². The zero-order valence-electron chi connectivity index (χ0n) is 11.1. The molecule has 0 bridgehead atoms. The van der Waals surface area contributed by atoms with Gasteiger partial charge >= 0.3 is 0 Å². The van der Waals surface area contributed by atoms with E-state index in [1.54, 1.807) is 0 Å². The molecule has 0 saturated heterocycles. The Kier molecular flexibility index (Phi) is 3.37. The zero-order chi connectivity index (χ0) is 12.5. The average Bonchev–Trinajstić information content (AvgIpc) is 2.97. The standard InChI is InChI=1S/C14H23N3O/c1-9-5-6-10(7-9)13-16-14(18-17-13)11-3-2-4-12(15)8-11/h9-12H,2-8,15H2,1H3. The van der Waals surface area contributed by atoms with Crippen LogP contribution in [-0.4, -0.2) is 16.2 Å². The van der Waals surface area contributed by atoms with Crippen LogP contribution in [0.4, 0.5) is 0 Å². The SMILES string of the molecule is CC1CCC(c2noc(C3CCCC(N)C3)n2)C1. The summed E-state index contributed by atoms with van der Waals surface area (Å²) >= 11 is 0. The van der Waals surface area contributed by atoms with Gasteiger partial charge in [0.2, 0.25) is 5.89 Å². The third-order valence-electron chi connectivity index (χ3n) is 4.58. The summed E-state index contributed by atoms with van der Waals surface area (Å²) in [5, 5.41) is 4.21. The zero-order valence-corrected chi connectivity index (χ0v) is 11.1. The molecule has 4 atom stereocenters. The molecule has 2 aliphatic carbocycles. The Morgan fingerprint density at radius 2 is 2.00 bits per heavy atom. The summed E-state index contributed by atoms with van der Waals surface area (Å²) in [6.45, 7) is 2.31. The highest BCUT2D eigenvalue weighted by Crippen LogP contribution is 2.38. The predicted molar refractivity (Wildman–Crippen MR) is 69.2 cm³/mol. The number of rotatable bonds is 2. The molecule has 2 aliphatic rings. The van der Waals surface area contributed by atoms with Gasteiger partial charge in [0, 0.05) is 17.9 Å². The molecule has 1 aromatic rings. The summed E-state index contributed by atoms with van der Waals surface area (Å²) in [7, 11) is 0.